The molecule has 0 aliphatic rings. The van der Waals surface area contributed by atoms with Crippen molar-refractivity contribution >= 4 is 11.0 Å². The molecule has 0 aliphatic heterocycles. The highest BCUT2D eigenvalue weighted by atomic mass is 15.1. The molecule has 0 fully saturated rings. The number of imidazole rings is 1. The van der Waals surface area contributed by atoms with E-state index in [-0.39, 0.29) is 0 Å². The van der Waals surface area contributed by atoms with Crippen molar-refractivity contribution < 1.29 is 0 Å². The number of aromatic nitrogens is 4. The van der Waals surface area contributed by atoms with E-state index in [9.17, 15) is 0 Å². The maximum absolute atomic E-state index is 4.84. The number of rotatable bonds is 4. The lowest BCUT2D eigenvalue weighted by molar-refractivity contribution is 0.720. The van der Waals surface area contributed by atoms with Gasteiger partial charge in [0.15, 0.2) is 5.82 Å². The summed E-state index contributed by atoms with van der Waals surface area (Å²) in [5.41, 5.74) is 5.56. The molecule has 0 atom stereocenters. The monoisotopic (exact) mass is 314 g/mol. The highest BCUT2D eigenvalue weighted by molar-refractivity contribution is 5.80. The summed E-state index contributed by atoms with van der Waals surface area (Å²) in [5, 5.41) is 0. The van der Waals surface area contributed by atoms with Crippen molar-refractivity contribution in [3.63, 3.8) is 0 Å². The van der Waals surface area contributed by atoms with Crippen LogP contribution in [0.4, 0.5) is 0 Å². The number of hydrogen-bond donors (Lipinski definition) is 0. The standard InChI is InChI=1S/C20H18N4/c1-15-5-6-19-18(14-15)23-20(17-4-2-3-10-22-17)24(19)13-9-16-7-11-21-12-8-16/h2-8,10-12,14H,9,13H2,1H3. The van der Waals surface area contributed by atoms with Gasteiger partial charge in [0.2, 0.25) is 0 Å². The topological polar surface area (TPSA) is 43.6 Å². The van der Waals surface area contributed by atoms with E-state index in [1.165, 1.54) is 11.1 Å². The molecule has 0 unspecified atom stereocenters. The molecule has 0 spiro atoms. The second kappa shape index (κ2) is 6.24. The summed E-state index contributed by atoms with van der Waals surface area (Å²) >= 11 is 0. The Hall–Kier alpha value is -3.01. The smallest absolute Gasteiger partial charge is 0.159 e. The van der Waals surface area contributed by atoms with Crippen molar-refractivity contribution in [1.29, 1.82) is 0 Å². The summed E-state index contributed by atoms with van der Waals surface area (Å²) < 4.78 is 2.26. The minimum Gasteiger partial charge on any atom is -0.322 e. The molecule has 0 saturated carbocycles. The number of benzene rings is 1. The molecule has 1 aromatic carbocycles. The van der Waals surface area contributed by atoms with E-state index in [0.29, 0.717) is 0 Å². The molecule has 0 amide bonds. The predicted molar refractivity (Wildman–Crippen MR) is 95.6 cm³/mol. The Bertz CT molecular complexity index is 959. The average molecular weight is 314 g/mol. The SMILES string of the molecule is Cc1ccc2c(c1)nc(-c1ccccn1)n2CCc1ccncc1. The lowest BCUT2D eigenvalue weighted by atomic mass is 10.2. The molecule has 24 heavy (non-hydrogen) atoms. The predicted octanol–water partition coefficient (Wildman–Crippen LogP) is 4.04. The van der Waals surface area contributed by atoms with Crippen LogP contribution in [-0.4, -0.2) is 19.5 Å². The van der Waals surface area contributed by atoms with Gasteiger partial charge in [-0.1, -0.05) is 12.1 Å². The van der Waals surface area contributed by atoms with E-state index in [1.807, 2.05) is 36.8 Å². The second-order valence-corrected chi connectivity index (χ2v) is 5.90. The van der Waals surface area contributed by atoms with Crippen molar-refractivity contribution in [2.45, 2.75) is 19.9 Å². The first-order valence-electron chi connectivity index (χ1n) is 8.08. The summed E-state index contributed by atoms with van der Waals surface area (Å²) in [4.78, 5) is 13.4. The molecule has 3 aromatic heterocycles. The van der Waals surface area contributed by atoms with Crippen molar-refractivity contribution in [1.82, 2.24) is 19.5 Å². The van der Waals surface area contributed by atoms with E-state index in [2.05, 4.69) is 51.8 Å². The molecular weight excluding hydrogens is 296 g/mol. The summed E-state index contributed by atoms with van der Waals surface area (Å²) in [6.45, 7) is 2.95. The number of aryl methyl sites for hydroxylation is 3. The van der Waals surface area contributed by atoms with Gasteiger partial charge in [-0.2, -0.15) is 0 Å². The molecule has 4 heteroatoms. The Balaban J connectivity index is 1.79. The van der Waals surface area contributed by atoms with Crippen LogP contribution in [0, 0.1) is 6.92 Å². The van der Waals surface area contributed by atoms with Gasteiger partial charge in [-0.25, -0.2) is 4.98 Å². The zero-order valence-corrected chi connectivity index (χ0v) is 13.6. The molecule has 118 valence electrons. The average Bonchev–Trinajstić information content (AvgIpc) is 2.99. The molecule has 0 radical (unpaired) electrons. The van der Waals surface area contributed by atoms with Gasteiger partial charge in [-0.05, 0) is 60.9 Å². The van der Waals surface area contributed by atoms with Gasteiger partial charge in [-0.15, -0.1) is 0 Å². The van der Waals surface area contributed by atoms with Crippen molar-refractivity contribution in [3.8, 4) is 11.5 Å². The van der Waals surface area contributed by atoms with Crippen LogP contribution in [0.1, 0.15) is 11.1 Å². The molecule has 0 aliphatic carbocycles. The molecular formula is C20H18N4. The minimum atomic E-state index is 0.857. The van der Waals surface area contributed by atoms with Crippen LogP contribution in [0.5, 0.6) is 0 Å². The minimum absolute atomic E-state index is 0.857. The van der Waals surface area contributed by atoms with Crippen molar-refractivity contribution in [3.05, 3.63) is 78.2 Å². The lowest BCUT2D eigenvalue weighted by Crippen LogP contribution is -2.04. The van der Waals surface area contributed by atoms with Crippen LogP contribution in [0.2, 0.25) is 0 Å². The van der Waals surface area contributed by atoms with Gasteiger partial charge in [-0.3, -0.25) is 9.97 Å². The Kier molecular flexibility index (Phi) is 3.79. The van der Waals surface area contributed by atoms with Gasteiger partial charge < -0.3 is 4.57 Å². The summed E-state index contributed by atoms with van der Waals surface area (Å²) in [6, 6.07) is 16.5. The normalized spacial score (nSPS) is 11.0. The third-order valence-electron chi connectivity index (χ3n) is 4.17. The third kappa shape index (κ3) is 2.78. The summed E-state index contributed by atoms with van der Waals surface area (Å²) in [7, 11) is 0. The number of hydrogen-bond acceptors (Lipinski definition) is 3. The molecule has 4 rings (SSSR count). The highest BCUT2D eigenvalue weighted by Gasteiger charge is 2.13. The fourth-order valence-electron chi connectivity index (χ4n) is 2.95. The van der Waals surface area contributed by atoms with Crippen LogP contribution in [0.15, 0.2) is 67.1 Å². The first-order valence-corrected chi connectivity index (χ1v) is 8.08. The van der Waals surface area contributed by atoms with E-state index >= 15 is 0 Å². The van der Waals surface area contributed by atoms with E-state index in [1.54, 1.807) is 0 Å². The van der Waals surface area contributed by atoms with Gasteiger partial charge in [0, 0.05) is 25.1 Å². The van der Waals surface area contributed by atoms with Crippen molar-refractivity contribution in [2.24, 2.45) is 0 Å². The highest BCUT2D eigenvalue weighted by Crippen LogP contribution is 2.24. The zero-order chi connectivity index (χ0) is 16.4. The summed E-state index contributed by atoms with van der Waals surface area (Å²) in [5.74, 6) is 0.922. The fourth-order valence-corrected chi connectivity index (χ4v) is 2.95. The maximum Gasteiger partial charge on any atom is 0.159 e. The quantitative estimate of drug-likeness (QED) is 0.571. The Morgan fingerprint density at radius 2 is 1.83 bits per heavy atom. The Labute approximate surface area is 140 Å². The first-order chi connectivity index (χ1) is 11.8. The van der Waals surface area contributed by atoms with Crippen LogP contribution in [0.25, 0.3) is 22.6 Å². The third-order valence-corrected chi connectivity index (χ3v) is 4.17. The molecule has 4 nitrogen and oxygen atoms in total. The fraction of sp³-hybridized carbons (Fsp3) is 0.150. The van der Waals surface area contributed by atoms with Crippen LogP contribution in [-0.2, 0) is 13.0 Å². The lowest BCUT2D eigenvalue weighted by Gasteiger charge is -2.09. The Morgan fingerprint density at radius 3 is 2.62 bits per heavy atom. The first kappa shape index (κ1) is 14.6. The zero-order valence-electron chi connectivity index (χ0n) is 13.6. The van der Waals surface area contributed by atoms with Gasteiger partial charge >= 0.3 is 0 Å². The van der Waals surface area contributed by atoms with E-state index in [0.717, 1.165) is 35.5 Å². The molecule has 3 heterocycles. The molecule has 0 bridgehead atoms. The largest absolute Gasteiger partial charge is 0.322 e. The van der Waals surface area contributed by atoms with Crippen LogP contribution < -0.4 is 0 Å². The van der Waals surface area contributed by atoms with Crippen molar-refractivity contribution in [2.75, 3.05) is 0 Å². The number of fused-ring (bicyclic) bond motifs is 1. The van der Waals surface area contributed by atoms with Crippen LogP contribution in [0.3, 0.4) is 0 Å². The maximum atomic E-state index is 4.84. The number of nitrogens with zero attached hydrogens (tertiary/aromatic N) is 4. The molecule has 0 N–H and O–H groups in total. The molecule has 4 aromatic rings. The molecule has 0 saturated heterocycles. The summed E-state index contributed by atoms with van der Waals surface area (Å²) in [6.07, 6.45) is 6.42. The van der Waals surface area contributed by atoms with Gasteiger partial charge in [0.1, 0.15) is 5.69 Å². The van der Waals surface area contributed by atoms with E-state index < -0.39 is 0 Å². The van der Waals surface area contributed by atoms with E-state index in [4.69, 9.17) is 4.98 Å². The number of pyridine rings is 2. The van der Waals surface area contributed by atoms with Gasteiger partial charge in [0.05, 0.1) is 11.0 Å². The van der Waals surface area contributed by atoms with Gasteiger partial charge in [0.25, 0.3) is 0 Å². The second-order valence-electron chi connectivity index (χ2n) is 5.90. The Morgan fingerprint density at radius 1 is 0.958 bits per heavy atom. The van der Waals surface area contributed by atoms with Crippen LogP contribution >= 0.6 is 0 Å².